The van der Waals surface area contributed by atoms with Gasteiger partial charge >= 0.3 is 5.97 Å². The first-order valence-electron chi connectivity index (χ1n) is 8.68. The Bertz CT molecular complexity index is 855. The van der Waals surface area contributed by atoms with Gasteiger partial charge in [0.1, 0.15) is 0 Å². The van der Waals surface area contributed by atoms with Gasteiger partial charge in [-0.15, -0.1) is 0 Å². The van der Waals surface area contributed by atoms with Gasteiger partial charge in [-0.2, -0.15) is 0 Å². The fourth-order valence-electron chi connectivity index (χ4n) is 3.01. The van der Waals surface area contributed by atoms with E-state index < -0.39 is 18.0 Å². The number of hydrogen-bond acceptors (Lipinski definition) is 4. The Morgan fingerprint density at radius 1 is 0.962 bits per heavy atom. The van der Waals surface area contributed by atoms with Crippen molar-refractivity contribution >= 4 is 23.3 Å². The molecule has 1 atom stereocenters. The second-order valence-corrected chi connectivity index (χ2v) is 6.51. The van der Waals surface area contributed by atoms with Crippen LogP contribution in [0.25, 0.3) is 0 Å². The Hall–Kier alpha value is -2.95. The van der Waals surface area contributed by atoms with Crippen molar-refractivity contribution in [2.75, 3.05) is 5.32 Å². The Labute approximate surface area is 152 Å². The maximum absolute atomic E-state index is 12.3. The monoisotopic (exact) mass is 351 g/mol. The molecule has 0 saturated carbocycles. The van der Waals surface area contributed by atoms with Gasteiger partial charge in [0.25, 0.3) is 5.91 Å². The highest BCUT2D eigenvalue weighted by atomic mass is 16.5. The minimum absolute atomic E-state index is 0.0421. The van der Waals surface area contributed by atoms with Crippen LogP contribution in [0.3, 0.4) is 0 Å². The molecule has 0 aliphatic heterocycles. The molecule has 5 heteroatoms. The van der Waals surface area contributed by atoms with Crippen LogP contribution in [0.2, 0.25) is 0 Å². The van der Waals surface area contributed by atoms with Gasteiger partial charge in [-0.05, 0) is 80.6 Å². The summed E-state index contributed by atoms with van der Waals surface area (Å²) in [6.07, 6.45) is 2.20. The number of anilines is 1. The number of fused-ring (bicyclic) bond motifs is 1. The molecule has 1 aliphatic rings. The summed E-state index contributed by atoms with van der Waals surface area (Å²) in [6, 6.07) is 12.1. The van der Waals surface area contributed by atoms with Crippen molar-refractivity contribution in [3.63, 3.8) is 0 Å². The largest absolute Gasteiger partial charge is 0.449 e. The SMILES string of the molecule is CC(=O)c1ccc(NC(=O)C(C)OC(=O)c2ccc3c(c2)CCC3)cc1. The molecule has 2 aromatic carbocycles. The van der Waals surface area contributed by atoms with Crippen molar-refractivity contribution in [3.8, 4) is 0 Å². The van der Waals surface area contributed by atoms with Crippen LogP contribution in [0.4, 0.5) is 5.69 Å². The van der Waals surface area contributed by atoms with Crippen LogP contribution in [-0.2, 0) is 22.4 Å². The minimum atomic E-state index is -0.928. The zero-order chi connectivity index (χ0) is 18.7. The summed E-state index contributed by atoms with van der Waals surface area (Å²) in [5.74, 6) is -0.969. The van der Waals surface area contributed by atoms with E-state index in [2.05, 4.69) is 5.32 Å². The third-order valence-electron chi connectivity index (χ3n) is 4.55. The van der Waals surface area contributed by atoms with Gasteiger partial charge in [0, 0.05) is 11.3 Å². The zero-order valence-corrected chi connectivity index (χ0v) is 14.9. The van der Waals surface area contributed by atoms with Crippen LogP contribution < -0.4 is 5.32 Å². The van der Waals surface area contributed by atoms with Crippen LogP contribution in [0, 0.1) is 0 Å². The number of hydrogen-bond donors (Lipinski definition) is 1. The van der Waals surface area contributed by atoms with Gasteiger partial charge < -0.3 is 10.1 Å². The smallest absolute Gasteiger partial charge is 0.338 e. The second-order valence-electron chi connectivity index (χ2n) is 6.51. The van der Waals surface area contributed by atoms with Crippen molar-refractivity contribution in [1.29, 1.82) is 0 Å². The summed E-state index contributed by atoms with van der Waals surface area (Å²) >= 11 is 0. The molecule has 26 heavy (non-hydrogen) atoms. The molecule has 134 valence electrons. The summed E-state index contributed by atoms with van der Waals surface area (Å²) in [7, 11) is 0. The molecule has 0 heterocycles. The van der Waals surface area contributed by atoms with Gasteiger partial charge in [-0.3, -0.25) is 9.59 Å². The minimum Gasteiger partial charge on any atom is -0.449 e. The van der Waals surface area contributed by atoms with Crippen LogP contribution in [0.5, 0.6) is 0 Å². The van der Waals surface area contributed by atoms with Crippen LogP contribution in [0.1, 0.15) is 52.1 Å². The zero-order valence-electron chi connectivity index (χ0n) is 14.9. The van der Waals surface area contributed by atoms with Crippen molar-refractivity contribution in [2.24, 2.45) is 0 Å². The summed E-state index contributed by atoms with van der Waals surface area (Å²) < 4.78 is 5.29. The first-order valence-corrected chi connectivity index (χ1v) is 8.68. The lowest BCUT2D eigenvalue weighted by molar-refractivity contribution is -0.123. The summed E-state index contributed by atoms with van der Waals surface area (Å²) in [5, 5.41) is 2.68. The van der Waals surface area contributed by atoms with E-state index in [4.69, 9.17) is 4.74 Å². The highest BCUT2D eigenvalue weighted by Gasteiger charge is 2.20. The van der Waals surface area contributed by atoms with E-state index >= 15 is 0 Å². The number of amides is 1. The summed E-state index contributed by atoms with van der Waals surface area (Å²) in [6.45, 7) is 3.01. The fraction of sp³-hybridized carbons (Fsp3) is 0.286. The molecule has 1 N–H and O–H groups in total. The van der Waals surface area contributed by atoms with Crippen LogP contribution >= 0.6 is 0 Å². The predicted molar refractivity (Wildman–Crippen MR) is 98.4 cm³/mol. The third-order valence-corrected chi connectivity index (χ3v) is 4.55. The molecule has 0 radical (unpaired) electrons. The molecular weight excluding hydrogens is 330 g/mol. The Morgan fingerprint density at radius 3 is 2.31 bits per heavy atom. The molecule has 0 saturated heterocycles. The van der Waals surface area contributed by atoms with E-state index in [-0.39, 0.29) is 5.78 Å². The lowest BCUT2D eigenvalue weighted by Gasteiger charge is -2.14. The highest BCUT2D eigenvalue weighted by Crippen LogP contribution is 2.23. The predicted octanol–water partition coefficient (Wildman–Crippen LogP) is 3.56. The average Bonchev–Trinajstić information content (AvgIpc) is 3.09. The number of benzene rings is 2. The maximum atomic E-state index is 12.3. The third kappa shape index (κ3) is 3.99. The number of ether oxygens (including phenoxy) is 1. The van der Waals surface area contributed by atoms with E-state index in [1.54, 1.807) is 30.3 Å². The lowest BCUT2D eigenvalue weighted by atomic mass is 10.1. The quantitative estimate of drug-likeness (QED) is 0.660. The van der Waals surface area contributed by atoms with E-state index in [1.807, 2.05) is 12.1 Å². The number of ketones is 1. The first-order chi connectivity index (χ1) is 12.4. The van der Waals surface area contributed by atoms with Crippen molar-refractivity contribution in [3.05, 3.63) is 64.7 Å². The molecule has 1 aliphatic carbocycles. The molecule has 1 amide bonds. The molecular formula is C21H21NO4. The Kier molecular flexibility index (Phi) is 5.16. The van der Waals surface area contributed by atoms with Crippen LogP contribution in [-0.4, -0.2) is 23.8 Å². The van der Waals surface area contributed by atoms with E-state index in [0.717, 1.165) is 19.3 Å². The standard InChI is InChI=1S/C21H21NO4/c1-13(23)15-8-10-19(11-9-15)22-20(24)14(2)26-21(25)18-7-6-16-4-3-5-17(16)12-18/h6-12,14H,3-5H2,1-2H3,(H,22,24). The number of rotatable bonds is 5. The van der Waals surface area contributed by atoms with E-state index in [1.165, 1.54) is 25.0 Å². The molecule has 0 spiro atoms. The first kappa shape index (κ1) is 17.9. The molecule has 2 aromatic rings. The van der Waals surface area contributed by atoms with Gasteiger partial charge in [0.2, 0.25) is 0 Å². The fourth-order valence-corrected chi connectivity index (χ4v) is 3.01. The second kappa shape index (κ2) is 7.52. The van der Waals surface area contributed by atoms with Crippen molar-refractivity contribution in [1.82, 2.24) is 0 Å². The number of nitrogens with one attached hydrogen (secondary N) is 1. The molecule has 0 aromatic heterocycles. The Balaban J connectivity index is 1.60. The molecule has 0 bridgehead atoms. The topological polar surface area (TPSA) is 72.5 Å². The number of aryl methyl sites for hydroxylation is 2. The van der Waals surface area contributed by atoms with Crippen molar-refractivity contribution in [2.45, 2.75) is 39.2 Å². The van der Waals surface area contributed by atoms with Gasteiger partial charge in [-0.1, -0.05) is 6.07 Å². The van der Waals surface area contributed by atoms with E-state index in [0.29, 0.717) is 16.8 Å². The van der Waals surface area contributed by atoms with Crippen molar-refractivity contribution < 1.29 is 19.1 Å². The average molecular weight is 351 g/mol. The number of Topliss-reactive ketones (excluding diaryl/α,β-unsaturated/α-hetero) is 1. The normalized spacial score (nSPS) is 13.6. The highest BCUT2D eigenvalue weighted by molar-refractivity contribution is 5.98. The van der Waals surface area contributed by atoms with Gasteiger partial charge in [-0.25, -0.2) is 4.79 Å². The summed E-state index contributed by atoms with van der Waals surface area (Å²) in [4.78, 5) is 35.8. The number of carbonyl (C=O) groups excluding carboxylic acids is 3. The molecule has 1 unspecified atom stereocenters. The lowest BCUT2D eigenvalue weighted by Crippen LogP contribution is -2.30. The van der Waals surface area contributed by atoms with Gasteiger partial charge in [0.05, 0.1) is 5.56 Å². The Morgan fingerprint density at radius 2 is 1.62 bits per heavy atom. The van der Waals surface area contributed by atoms with E-state index in [9.17, 15) is 14.4 Å². The maximum Gasteiger partial charge on any atom is 0.338 e. The molecule has 5 nitrogen and oxygen atoms in total. The van der Waals surface area contributed by atoms with Crippen LogP contribution in [0.15, 0.2) is 42.5 Å². The summed E-state index contributed by atoms with van der Waals surface area (Å²) in [5.41, 5.74) is 4.04. The van der Waals surface area contributed by atoms with Gasteiger partial charge in [0.15, 0.2) is 11.9 Å². The number of esters is 1. The molecule has 0 fully saturated rings. The molecule has 3 rings (SSSR count). The number of carbonyl (C=O) groups is 3.